The topological polar surface area (TPSA) is 51.2 Å². The largest absolute Gasteiger partial charge is 0.294 e. The second-order valence-corrected chi connectivity index (χ2v) is 7.11. The number of sulfone groups is 1. The summed E-state index contributed by atoms with van der Waals surface area (Å²) in [6.45, 7) is 3.35. The fourth-order valence-corrected chi connectivity index (χ4v) is 4.25. The maximum absolute atomic E-state index is 13.2. The molecule has 2 rings (SSSR count). The van der Waals surface area contributed by atoms with Crippen LogP contribution in [0.1, 0.15) is 27.9 Å². The van der Waals surface area contributed by atoms with Crippen LogP contribution in [0.5, 0.6) is 0 Å². The molecule has 1 heterocycles. The third-order valence-electron chi connectivity index (χ3n) is 3.35. The summed E-state index contributed by atoms with van der Waals surface area (Å²) in [5, 5.41) is 0. The van der Waals surface area contributed by atoms with Crippen molar-refractivity contribution in [3.8, 4) is 0 Å². The molecule has 1 aliphatic rings. The van der Waals surface area contributed by atoms with E-state index in [9.17, 15) is 17.6 Å². The molecule has 0 amide bonds. The highest BCUT2D eigenvalue weighted by Gasteiger charge is 2.34. The van der Waals surface area contributed by atoms with Crippen LogP contribution >= 0.6 is 0 Å². The van der Waals surface area contributed by atoms with Gasteiger partial charge in [-0.25, -0.2) is 12.8 Å². The molecule has 1 fully saturated rings. The van der Waals surface area contributed by atoms with Crippen LogP contribution < -0.4 is 0 Å². The third kappa shape index (κ3) is 2.46. The summed E-state index contributed by atoms with van der Waals surface area (Å²) in [5.41, 5.74) is 1.61. The van der Waals surface area contributed by atoms with Gasteiger partial charge in [-0.3, -0.25) is 4.79 Å². The third-order valence-corrected chi connectivity index (χ3v) is 5.12. The maximum Gasteiger partial charge on any atom is 0.167 e. The van der Waals surface area contributed by atoms with Gasteiger partial charge in [0.25, 0.3) is 0 Å². The van der Waals surface area contributed by atoms with Crippen LogP contribution in [0.4, 0.5) is 4.39 Å². The number of carbonyl (C=O) groups is 1. The van der Waals surface area contributed by atoms with Crippen molar-refractivity contribution in [2.45, 2.75) is 20.3 Å². The average molecular weight is 270 g/mol. The van der Waals surface area contributed by atoms with Crippen molar-refractivity contribution in [1.82, 2.24) is 0 Å². The maximum atomic E-state index is 13.2. The Morgan fingerprint density at radius 1 is 1.28 bits per heavy atom. The summed E-state index contributed by atoms with van der Waals surface area (Å²) in [7, 11) is -3.08. The Bertz CT molecular complexity index is 582. The van der Waals surface area contributed by atoms with Crippen molar-refractivity contribution in [2.24, 2.45) is 5.92 Å². The predicted octanol–water partition coefficient (Wildman–Crippen LogP) is 2.06. The van der Waals surface area contributed by atoms with Crippen LogP contribution in [0.3, 0.4) is 0 Å². The quantitative estimate of drug-likeness (QED) is 0.773. The first-order valence-corrected chi connectivity index (χ1v) is 7.64. The molecule has 0 aromatic heterocycles. The lowest BCUT2D eigenvalue weighted by molar-refractivity contribution is 0.0932. The highest BCUT2D eigenvalue weighted by molar-refractivity contribution is 7.91. The molecule has 0 spiro atoms. The minimum atomic E-state index is -3.08. The van der Waals surface area contributed by atoms with Crippen molar-refractivity contribution in [3.63, 3.8) is 0 Å². The molecule has 1 aliphatic heterocycles. The van der Waals surface area contributed by atoms with Crippen molar-refractivity contribution >= 4 is 15.6 Å². The fourth-order valence-electron chi connectivity index (χ4n) is 2.51. The number of ketones is 1. The zero-order valence-corrected chi connectivity index (χ0v) is 11.2. The Labute approximate surface area is 106 Å². The van der Waals surface area contributed by atoms with E-state index in [1.54, 1.807) is 13.8 Å². The molecule has 0 N–H and O–H groups in total. The minimum absolute atomic E-state index is 0.0721. The lowest BCUT2D eigenvalue weighted by Gasteiger charge is -2.12. The number of aryl methyl sites for hydroxylation is 2. The van der Waals surface area contributed by atoms with Crippen LogP contribution in [0.15, 0.2) is 12.1 Å². The van der Waals surface area contributed by atoms with Crippen molar-refractivity contribution in [3.05, 3.63) is 34.6 Å². The number of halogens is 1. The molecule has 0 bridgehead atoms. The zero-order valence-electron chi connectivity index (χ0n) is 10.4. The fraction of sp³-hybridized carbons (Fsp3) is 0.462. The van der Waals surface area contributed by atoms with Gasteiger partial charge < -0.3 is 0 Å². The zero-order chi connectivity index (χ0) is 13.5. The van der Waals surface area contributed by atoms with Crippen molar-refractivity contribution in [2.75, 3.05) is 11.5 Å². The van der Waals surface area contributed by atoms with E-state index in [0.717, 1.165) is 0 Å². The molecule has 98 valence electrons. The van der Waals surface area contributed by atoms with E-state index >= 15 is 0 Å². The highest BCUT2D eigenvalue weighted by atomic mass is 32.2. The number of hydrogen-bond acceptors (Lipinski definition) is 3. The predicted molar refractivity (Wildman–Crippen MR) is 67.0 cm³/mol. The molecule has 1 atom stereocenters. The molecule has 0 saturated carbocycles. The first kappa shape index (κ1) is 13.2. The molecular formula is C13H15FO3S. The first-order chi connectivity index (χ1) is 8.30. The van der Waals surface area contributed by atoms with E-state index in [1.807, 2.05) is 0 Å². The Morgan fingerprint density at radius 2 is 1.83 bits per heavy atom. The molecule has 1 aromatic carbocycles. The van der Waals surface area contributed by atoms with Crippen LogP contribution in [0, 0.1) is 25.6 Å². The molecule has 3 nitrogen and oxygen atoms in total. The number of Topliss-reactive ketones (excluding diaryl/α,β-unsaturated/α-hetero) is 1. The van der Waals surface area contributed by atoms with Gasteiger partial charge in [-0.2, -0.15) is 0 Å². The van der Waals surface area contributed by atoms with Crippen LogP contribution in [-0.2, 0) is 9.84 Å². The summed E-state index contributed by atoms with van der Waals surface area (Å²) in [6, 6.07) is 2.62. The Kier molecular flexibility index (Phi) is 3.27. The lowest BCUT2D eigenvalue weighted by Crippen LogP contribution is -2.18. The monoisotopic (exact) mass is 270 g/mol. The normalized spacial score (nSPS) is 22.1. The molecule has 1 aromatic rings. The molecule has 1 saturated heterocycles. The molecule has 18 heavy (non-hydrogen) atoms. The van der Waals surface area contributed by atoms with Crippen molar-refractivity contribution in [1.29, 1.82) is 0 Å². The molecule has 0 radical (unpaired) electrons. The second kappa shape index (κ2) is 4.46. The van der Waals surface area contributed by atoms with Gasteiger partial charge in [-0.1, -0.05) is 0 Å². The van der Waals surface area contributed by atoms with Crippen LogP contribution in [0.2, 0.25) is 0 Å². The van der Waals surface area contributed by atoms with Gasteiger partial charge in [-0.15, -0.1) is 0 Å². The Hall–Kier alpha value is -1.23. The molecule has 1 unspecified atom stereocenters. The van der Waals surface area contributed by atoms with Gasteiger partial charge in [0.1, 0.15) is 5.82 Å². The average Bonchev–Trinajstić information content (AvgIpc) is 2.57. The molecule has 5 heteroatoms. The number of rotatable bonds is 2. The number of carbonyl (C=O) groups excluding carboxylic acids is 1. The molecule has 0 aliphatic carbocycles. The van der Waals surface area contributed by atoms with Crippen molar-refractivity contribution < 1.29 is 17.6 Å². The highest BCUT2D eigenvalue weighted by Crippen LogP contribution is 2.26. The van der Waals surface area contributed by atoms with Gasteiger partial charge in [0.15, 0.2) is 15.6 Å². The standard InChI is InChI=1S/C13H15FO3S/c1-8-5-11(14)6-9(2)12(8)13(15)10-3-4-18(16,17)7-10/h5-6,10H,3-4,7H2,1-2H3. The SMILES string of the molecule is Cc1cc(F)cc(C)c1C(=O)C1CCS(=O)(=O)C1. The number of benzene rings is 1. The summed E-state index contributed by atoms with van der Waals surface area (Å²) in [5.74, 6) is -1.03. The van der Waals surface area contributed by atoms with Gasteiger partial charge in [-0.05, 0) is 43.5 Å². The van der Waals surface area contributed by atoms with E-state index in [2.05, 4.69) is 0 Å². The second-order valence-electron chi connectivity index (χ2n) is 4.88. The minimum Gasteiger partial charge on any atom is -0.294 e. The lowest BCUT2D eigenvalue weighted by atomic mass is 9.91. The Morgan fingerprint density at radius 3 is 2.28 bits per heavy atom. The number of hydrogen-bond donors (Lipinski definition) is 0. The van der Waals surface area contributed by atoms with E-state index in [0.29, 0.717) is 23.1 Å². The summed E-state index contributed by atoms with van der Waals surface area (Å²) >= 11 is 0. The smallest absolute Gasteiger partial charge is 0.167 e. The van der Waals surface area contributed by atoms with Gasteiger partial charge >= 0.3 is 0 Å². The van der Waals surface area contributed by atoms with Crippen LogP contribution in [0.25, 0.3) is 0 Å². The van der Waals surface area contributed by atoms with Gasteiger partial charge in [0.2, 0.25) is 0 Å². The summed E-state index contributed by atoms with van der Waals surface area (Å²) < 4.78 is 35.9. The van der Waals surface area contributed by atoms with E-state index < -0.39 is 15.8 Å². The summed E-state index contributed by atoms with van der Waals surface area (Å²) in [4.78, 5) is 12.3. The van der Waals surface area contributed by atoms with E-state index in [4.69, 9.17) is 0 Å². The summed E-state index contributed by atoms with van der Waals surface area (Å²) in [6.07, 6.45) is 0.372. The van der Waals surface area contributed by atoms with E-state index in [-0.39, 0.29) is 23.1 Å². The van der Waals surface area contributed by atoms with E-state index in [1.165, 1.54) is 12.1 Å². The van der Waals surface area contributed by atoms with Gasteiger partial charge in [0, 0.05) is 11.5 Å². The van der Waals surface area contributed by atoms with Gasteiger partial charge in [0.05, 0.1) is 11.5 Å². The molecular weight excluding hydrogens is 255 g/mol. The first-order valence-electron chi connectivity index (χ1n) is 5.81. The Balaban J connectivity index is 2.36. The van der Waals surface area contributed by atoms with Crippen LogP contribution in [-0.4, -0.2) is 25.7 Å².